The van der Waals surface area contributed by atoms with Gasteiger partial charge in [-0.15, -0.1) is 10.2 Å². The van der Waals surface area contributed by atoms with E-state index in [9.17, 15) is 9.18 Å². The summed E-state index contributed by atoms with van der Waals surface area (Å²) < 4.78 is 15.1. The van der Waals surface area contributed by atoms with Crippen molar-refractivity contribution < 1.29 is 9.18 Å². The minimum Gasteiger partial charge on any atom is -0.351 e. The first-order valence-electron chi connectivity index (χ1n) is 8.00. The Bertz CT molecular complexity index is 900. The summed E-state index contributed by atoms with van der Waals surface area (Å²) in [5, 5.41) is 10.7. The summed E-state index contributed by atoms with van der Waals surface area (Å²) in [5.41, 5.74) is 1.28. The maximum absolute atomic E-state index is 13.9. The van der Waals surface area contributed by atoms with Gasteiger partial charge in [0, 0.05) is 6.54 Å². The number of aromatic nitrogens is 3. The third-order valence-corrected chi connectivity index (χ3v) is 4.80. The Kier molecular flexibility index (Phi) is 5.52. The lowest BCUT2D eigenvalue weighted by atomic mass is 10.2. The van der Waals surface area contributed by atoms with Gasteiger partial charge in [0.25, 0.3) is 0 Å². The van der Waals surface area contributed by atoms with Crippen molar-refractivity contribution in [2.24, 2.45) is 0 Å². The van der Waals surface area contributed by atoms with E-state index in [0.29, 0.717) is 11.7 Å². The Labute approximate surface area is 154 Å². The lowest BCUT2D eigenvalue weighted by molar-refractivity contribution is -0.120. The van der Waals surface area contributed by atoms with Crippen molar-refractivity contribution in [3.8, 4) is 11.4 Å². The highest BCUT2D eigenvalue weighted by Crippen LogP contribution is 2.26. The molecule has 1 amide bonds. The summed E-state index contributed by atoms with van der Waals surface area (Å²) in [4.78, 5) is 12.3. The van der Waals surface area contributed by atoms with E-state index in [-0.39, 0.29) is 17.3 Å². The van der Waals surface area contributed by atoms with Crippen LogP contribution in [0.4, 0.5) is 4.39 Å². The number of benzene rings is 2. The Morgan fingerprint density at radius 3 is 2.62 bits per heavy atom. The number of carbonyl (C=O) groups excluding carboxylic acids is 1. The molecule has 134 valence electrons. The number of amides is 1. The summed E-state index contributed by atoms with van der Waals surface area (Å²) in [6.45, 7) is 2.20. The Morgan fingerprint density at radius 2 is 1.88 bits per heavy atom. The van der Waals surface area contributed by atoms with Crippen LogP contribution in [-0.2, 0) is 11.3 Å². The maximum atomic E-state index is 13.9. The number of carbonyl (C=O) groups is 1. The van der Waals surface area contributed by atoms with Crippen LogP contribution in [0.25, 0.3) is 11.4 Å². The zero-order chi connectivity index (χ0) is 18.5. The summed E-state index contributed by atoms with van der Waals surface area (Å²) in [6, 6.07) is 15.8. The van der Waals surface area contributed by atoms with Crippen LogP contribution in [-0.4, -0.2) is 26.0 Å². The van der Waals surface area contributed by atoms with Crippen LogP contribution < -0.4 is 11.2 Å². The molecule has 1 heterocycles. The molecule has 0 unspecified atom stereocenters. The molecule has 3 N–H and O–H groups in total. The second-order valence-corrected chi connectivity index (χ2v) is 6.93. The van der Waals surface area contributed by atoms with Gasteiger partial charge >= 0.3 is 0 Å². The SMILES string of the molecule is C[C@@H](Sc1nnc(-c2ccccc2F)n1N)C(=O)NCc1ccccc1. The molecule has 0 aliphatic carbocycles. The zero-order valence-corrected chi connectivity index (χ0v) is 14.9. The molecule has 0 spiro atoms. The standard InChI is InChI=1S/C18H18FN5OS/c1-12(17(25)21-11-13-7-3-2-4-8-13)26-18-23-22-16(24(18)20)14-9-5-6-10-15(14)19/h2-10,12H,11,20H2,1H3,(H,21,25)/t12-/m1/s1. The molecule has 0 aliphatic heterocycles. The third kappa shape index (κ3) is 4.02. The van der Waals surface area contributed by atoms with Crippen LogP contribution in [0, 0.1) is 5.82 Å². The van der Waals surface area contributed by atoms with Gasteiger partial charge in [-0.1, -0.05) is 54.2 Å². The van der Waals surface area contributed by atoms with Gasteiger partial charge in [0.2, 0.25) is 11.1 Å². The van der Waals surface area contributed by atoms with Crippen LogP contribution in [0.3, 0.4) is 0 Å². The average Bonchev–Trinajstić information content (AvgIpc) is 3.01. The van der Waals surface area contributed by atoms with Gasteiger partial charge in [-0.2, -0.15) is 0 Å². The van der Waals surface area contributed by atoms with Crippen LogP contribution in [0.2, 0.25) is 0 Å². The van der Waals surface area contributed by atoms with E-state index in [4.69, 9.17) is 5.84 Å². The fourth-order valence-corrected chi connectivity index (χ4v) is 3.12. The molecule has 26 heavy (non-hydrogen) atoms. The number of nitrogens with one attached hydrogen (secondary N) is 1. The topological polar surface area (TPSA) is 85.8 Å². The Balaban J connectivity index is 1.65. The van der Waals surface area contributed by atoms with E-state index in [1.807, 2.05) is 30.3 Å². The summed E-state index contributed by atoms with van der Waals surface area (Å²) >= 11 is 1.16. The van der Waals surface area contributed by atoms with Crippen LogP contribution in [0.1, 0.15) is 12.5 Å². The number of nitrogens with zero attached hydrogens (tertiary/aromatic N) is 3. The lowest BCUT2D eigenvalue weighted by Gasteiger charge is -2.11. The molecule has 0 saturated carbocycles. The number of halogens is 1. The van der Waals surface area contributed by atoms with Gasteiger partial charge in [0.15, 0.2) is 5.82 Å². The molecular weight excluding hydrogens is 353 g/mol. The van der Waals surface area contributed by atoms with E-state index in [1.54, 1.807) is 25.1 Å². The van der Waals surface area contributed by atoms with Gasteiger partial charge in [-0.05, 0) is 24.6 Å². The zero-order valence-electron chi connectivity index (χ0n) is 14.1. The molecule has 0 radical (unpaired) electrons. The number of hydrogen-bond donors (Lipinski definition) is 2. The van der Waals surface area contributed by atoms with E-state index < -0.39 is 11.1 Å². The van der Waals surface area contributed by atoms with Crippen molar-refractivity contribution in [2.75, 3.05) is 5.84 Å². The number of hydrogen-bond acceptors (Lipinski definition) is 5. The van der Waals surface area contributed by atoms with Crippen LogP contribution in [0.5, 0.6) is 0 Å². The van der Waals surface area contributed by atoms with Gasteiger partial charge in [0.05, 0.1) is 10.8 Å². The van der Waals surface area contributed by atoms with E-state index in [0.717, 1.165) is 17.3 Å². The molecule has 1 atom stereocenters. The van der Waals surface area contributed by atoms with Crippen molar-refractivity contribution in [1.29, 1.82) is 0 Å². The largest absolute Gasteiger partial charge is 0.351 e. The Morgan fingerprint density at radius 1 is 1.19 bits per heavy atom. The number of thioether (sulfide) groups is 1. The highest BCUT2D eigenvalue weighted by Gasteiger charge is 2.20. The van der Waals surface area contributed by atoms with Crippen LogP contribution in [0.15, 0.2) is 59.8 Å². The van der Waals surface area contributed by atoms with Crippen molar-refractivity contribution >= 4 is 17.7 Å². The van der Waals surface area contributed by atoms with Gasteiger partial charge in [-0.25, -0.2) is 9.07 Å². The molecule has 2 aromatic carbocycles. The van der Waals surface area contributed by atoms with Crippen molar-refractivity contribution in [3.63, 3.8) is 0 Å². The summed E-state index contributed by atoms with van der Waals surface area (Å²) in [5.74, 6) is 5.62. The summed E-state index contributed by atoms with van der Waals surface area (Å²) in [6.07, 6.45) is 0. The second-order valence-electron chi connectivity index (χ2n) is 5.62. The minimum absolute atomic E-state index is 0.144. The highest BCUT2D eigenvalue weighted by atomic mass is 32.2. The smallest absolute Gasteiger partial charge is 0.233 e. The fraction of sp³-hybridized carbons (Fsp3) is 0.167. The van der Waals surface area contributed by atoms with Crippen molar-refractivity contribution in [2.45, 2.75) is 23.9 Å². The molecule has 1 aromatic heterocycles. The predicted octanol–water partition coefficient (Wildman–Crippen LogP) is 2.60. The Hall–Kier alpha value is -2.87. The average molecular weight is 371 g/mol. The van der Waals surface area contributed by atoms with Crippen LogP contribution >= 0.6 is 11.8 Å². The molecule has 3 rings (SSSR count). The molecular formula is C18H18FN5OS. The number of nitrogens with two attached hydrogens (primary N) is 1. The lowest BCUT2D eigenvalue weighted by Crippen LogP contribution is -2.30. The molecule has 0 saturated heterocycles. The molecule has 0 fully saturated rings. The van der Waals surface area contributed by atoms with E-state index >= 15 is 0 Å². The maximum Gasteiger partial charge on any atom is 0.233 e. The van der Waals surface area contributed by atoms with Crippen molar-refractivity contribution in [3.05, 3.63) is 66.0 Å². The number of nitrogen functional groups attached to an aromatic ring is 1. The first-order chi connectivity index (χ1) is 12.6. The third-order valence-electron chi connectivity index (χ3n) is 3.74. The van der Waals surface area contributed by atoms with Crippen molar-refractivity contribution in [1.82, 2.24) is 20.2 Å². The predicted molar refractivity (Wildman–Crippen MR) is 99.2 cm³/mol. The van der Waals surface area contributed by atoms with E-state index in [1.165, 1.54) is 10.7 Å². The molecule has 0 bridgehead atoms. The molecule has 8 heteroatoms. The summed E-state index contributed by atoms with van der Waals surface area (Å²) in [7, 11) is 0. The molecule has 0 aliphatic rings. The van der Waals surface area contributed by atoms with E-state index in [2.05, 4.69) is 15.5 Å². The number of rotatable bonds is 6. The normalized spacial score (nSPS) is 11.9. The van der Waals surface area contributed by atoms with Gasteiger partial charge in [-0.3, -0.25) is 4.79 Å². The first kappa shape index (κ1) is 17.9. The fourth-order valence-electron chi connectivity index (χ4n) is 2.32. The first-order valence-corrected chi connectivity index (χ1v) is 8.88. The second kappa shape index (κ2) is 8.01. The monoisotopic (exact) mass is 371 g/mol. The quantitative estimate of drug-likeness (QED) is 0.514. The van der Waals surface area contributed by atoms with Gasteiger partial charge < -0.3 is 11.2 Å². The highest BCUT2D eigenvalue weighted by molar-refractivity contribution is 8.00. The molecule has 3 aromatic rings. The minimum atomic E-state index is -0.434. The van der Waals surface area contributed by atoms with Gasteiger partial charge in [0.1, 0.15) is 5.82 Å². The molecule has 6 nitrogen and oxygen atoms in total.